The van der Waals surface area contributed by atoms with Crippen molar-refractivity contribution in [1.29, 1.82) is 5.26 Å². The predicted molar refractivity (Wildman–Crippen MR) is 86.5 cm³/mol. The summed E-state index contributed by atoms with van der Waals surface area (Å²) in [5.41, 5.74) is 6.42. The highest BCUT2D eigenvalue weighted by Gasteiger charge is 2.21. The van der Waals surface area contributed by atoms with Gasteiger partial charge in [0.1, 0.15) is 28.3 Å². The van der Waals surface area contributed by atoms with E-state index in [4.69, 9.17) is 18.0 Å². The number of thiocarbonyl (C=S) groups is 1. The van der Waals surface area contributed by atoms with Gasteiger partial charge in [-0.25, -0.2) is 4.98 Å². The van der Waals surface area contributed by atoms with E-state index in [0.29, 0.717) is 16.4 Å². The topological polar surface area (TPSA) is 81.2 Å². The third-order valence-corrected chi connectivity index (χ3v) is 3.82. The summed E-state index contributed by atoms with van der Waals surface area (Å²) in [6.07, 6.45) is 1.79. The second-order valence-corrected chi connectivity index (χ2v) is 5.02. The Kier molecular flexibility index (Phi) is 4.95. The van der Waals surface area contributed by atoms with Gasteiger partial charge in [0.2, 0.25) is 0 Å². The largest absolute Gasteiger partial charge is 0.384 e. The van der Waals surface area contributed by atoms with E-state index < -0.39 is 0 Å². The number of nitrogens with zero attached hydrogens (tertiary/aromatic N) is 4. The van der Waals surface area contributed by atoms with Gasteiger partial charge >= 0.3 is 0 Å². The number of nitrogens with two attached hydrogens (primary N) is 1. The normalized spacial score (nSPS) is 16.0. The minimum atomic E-state index is 0.332. The molecule has 0 bridgehead atoms. The van der Waals surface area contributed by atoms with Crippen LogP contribution in [0.25, 0.3) is 0 Å². The van der Waals surface area contributed by atoms with Gasteiger partial charge < -0.3 is 20.9 Å². The molecule has 21 heavy (non-hydrogen) atoms. The van der Waals surface area contributed by atoms with Crippen LogP contribution in [0.2, 0.25) is 0 Å². The summed E-state index contributed by atoms with van der Waals surface area (Å²) in [7, 11) is 1.69. The van der Waals surface area contributed by atoms with Crippen molar-refractivity contribution in [3.05, 3.63) is 35.8 Å². The molecule has 0 unspecified atom stereocenters. The molecule has 1 saturated heterocycles. The molecule has 7 heteroatoms. The fourth-order valence-electron chi connectivity index (χ4n) is 2.22. The maximum Gasteiger partial charge on any atom is 0.128 e. The molecule has 0 radical (unpaired) electrons. The van der Waals surface area contributed by atoms with Gasteiger partial charge in [-0.05, 0) is 12.1 Å². The van der Waals surface area contributed by atoms with Gasteiger partial charge in [0, 0.05) is 39.4 Å². The lowest BCUT2D eigenvalue weighted by Gasteiger charge is -2.37. The van der Waals surface area contributed by atoms with Crippen molar-refractivity contribution in [3.63, 3.8) is 0 Å². The Hall–Kier alpha value is -2.33. The molecule has 0 atom stereocenters. The number of likely N-dealkylation sites (N-methyl/N-ethyl adjacent to an activating group) is 1. The summed E-state index contributed by atoms with van der Waals surface area (Å²) in [6, 6.07) is 7.94. The number of hydrogen-bond acceptors (Lipinski definition) is 6. The zero-order chi connectivity index (χ0) is 15.2. The molecule has 1 fully saturated rings. The van der Waals surface area contributed by atoms with E-state index >= 15 is 0 Å². The predicted octanol–water partition coefficient (Wildman–Crippen LogP) is 0.444. The molecule has 1 aliphatic heterocycles. The van der Waals surface area contributed by atoms with Crippen LogP contribution in [0.5, 0.6) is 0 Å². The average molecular weight is 302 g/mol. The number of piperazine rings is 1. The molecule has 110 valence electrons. The van der Waals surface area contributed by atoms with Gasteiger partial charge in [-0.15, -0.1) is 0 Å². The minimum absolute atomic E-state index is 0.332. The summed E-state index contributed by atoms with van der Waals surface area (Å²) in [6.45, 7) is 3.09. The monoisotopic (exact) mass is 302 g/mol. The first kappa shape index (κ1) is 15.1. The van der Waals surface area contributed by atoms with Crippen molar-refractivity contribution in [2.75, 3.05) is 38.1 Å². The highest BCUT2D eigenvalue weighted by Crippen LogP contribution is 2.15. The summed E-state index contributed by atoms with van der Waals surface area (Å²) in [5.74, 6) is 1.41. The summed E-state index contributed by atoms with van der Waals surface area (Å²) < 4.78 is 0. The Balaban J connectivity index is 2.05. The van der Waals surface area contributed by atoms with Crippen LogP contribution in [-0.4, -0.2) is 48.1 Å². The van der Waals surface area contributed by atoms with Crippen LogP contribution in [0.4, 0.5) is 5.82 Å². The number of rotatable bonds is 3. The van der Waals surface area contributed by atoms with Gasteiger partial charge in [0.25, 0.3) is 0 Å². The van der Waals surface area contributed by atoms with Crippen molar-refractivity contribution >= 4 is 23.0 Å². The summed E-state index contributed by atoms with van der Waals surface area (Å²) >= 11 is 5.10. The van der Waals surface area contributed by atoms with Gasteiger partial charge in [0.15, 0.2) is 0 Å². The Morgan fingerprint density at radius 3 is 2.62 bits per heavy atom. The lowest BCUT2D eigenvalue weighted by Crippen LogP contribution is -2.48. The SMILES string of the molecule is CNC(=S)C(C#N)=C(N)N1CCN(c2ccccn2)CC1. The summed E-state index contributed by atoms with van der Waals surface area (Å²) in [5, 5.41) is 12.0. The van der Waals surface area contributed by atoms with Crippen molar-refractivity contribution in [2.24, 2.45) is 5.73 Å². The Morgan fingerprint density at radius 1 is 1.38 bits per heavy atom. The molecule has 0 aromatic carbocycles. The van der Waals surface area contributed by atoms with E-state index in [2.05, 4.69) is 21.3 Å². The van der Waals surface area contributed by atoms with E-state index in [0.717, 1.165) is 32.0 Å². The molecule has 1 aromatic heterocycles. The fourth-order valence-corrected chi connectivity index (χ4v) is 2.37. The fraction of sp³-hybridized carbons (Fsp3) is 0.357. The molecule has 6 nitrogen and oxygen atoms in total. The van der Waals surface area contributed by atoms with Gasteiger partial charge in [-0.1, -0.05) is 18.3 Å². The van der Waals surface area contributed by atoms with Crippen LogP contribution in [0, 0.1) is 11.3 Å². The molecule has 2 heterocycles. The Morgan fingerprint density at radius 2 is 2.10 bits per heavy atom. The lowest BCUT2D eigenvalue weighted by molar-refractivity contribution is 0.316. The second kappa shape index (κ2) is 6.90. The van der Waals surface area contributed by atoms with Gasteiger partial charge in [0.05, 0.1) is 0 Å². The molecule has 1 aromatic rings. The smallest absolute Gasteiger partial charge is 0.128 e. The molecule has 0 spiro atoms. The minimum Gasteiger partial charge on any atom is -0.384 e. The second-order valence-electron chi connectivity index (χ2n) is 4.61. The first-order valence-corrected chi connectivity index (χ1v) is 7.11. The maximum atomic E-state index is 9.20. The Bertz CT molecular complexity index is 569. The zero-order valence-electron chi connectivity index (χ0n) is 11.9. The number of anilines is 1. The van der Waals surface area contributed by atoms with Gasteiger partial charge in [-0.2, -0.15) is 5.26 Å². The van der Waals surface area contributed by atoms with Crippen LogP contribution < -0.4 is 16.0 Å². The van der Waals surface area contributed by atoms with E-state index in [1.807, 2.05) is 23.1 Å². The highest BCUT2D eigenvalue weighted by atomic mass is 32.1. The van der Waals surface area contributed by atoms with Crippen LogP contribution in [0.1, 0.15) is 0 Å². The maximum absolute atomic E-state index is 9.20. The lowest BCUT2D eigenvalue weighted by atomic mass is 10.2. The van der Waals surface area contributed by atoms with Crippen molar-refractivity contribution in [3.8, 4) is 6.07 Å². The molecule has 3 N–H and O–H groups in total. The van der Waals surface area contributed by atoms with Crippen molar-refractivity contribution < 1.29 is 0 Å². The van der Waals surface area contributed by atoms with Crippen molar-refractivity contribution in [2.45, 2.75) is 0 Å². The average Bonchev–Trinajstić information content (AvgIpc) is 2.56. The third-order valence-electron chi connectivity index (χ3n) is 3.42. The van der Waals surface area contributed by atoms with Crippen LogP contribution in [0.15, 0.2) is 35.8 Å². The van der Waals surface area contributed by atoms with Crippen LogP contribution in [0.3, 0.4) is 0 Å². The first-order valence-electron chi connectivity index (χ1n) is 6.70. The highest BCUT2D eigenvalue weighted by molar-refractivity contribution is 7.80. The number of nitrogens with one attached hydrogen (secondary N) is 1. The van der Waals surface area contributed by atoms with E-state index in [1.165, 1.54) is 0 Å². The number of nitriles is 1. The van der Waals surface area contributed by atoms with E-state index in [-0.39, 0.29) is 0 Å². The van der Waals surface area contributed by atoms with E-state index in [1.54, 1.807) is 13.2 Å². The molecule has 0 saturated carbocycles. The molecule has 2 rings (SSSR count). The standard InChI is InChI=1S/C14H18N6S/c1-17-14(21)11(10-15)13(16)20-8-6-19(7-9-20)12-4-2-3-5-18-12/h2-5H,6-9,16H2,1H3,(H,17,21). The molecular formula is C14H18N6S. The quantitative estimate of drug-likeness (QED) is 0.476. The molecule has 0 amide bonds. The van der Waals surface area contributed by atoms with Gasteiger partial charge in [-0.3, -0.25) is 0 Å². The van der Waals surface area contributed by atoms with Crippen LogP contribution >= 0.6 is 12.2 Å². The molecule has 0 aliphatic carbocycles. The number of hydrogen-bond donors (Lipinski definition) is 2. The third kappa shape index (κ3) is 3.41. The molecule has 1 aliphatic rings. The van der Waals surface area contributed by atoms with E-state index in [9.17, 15) is 5.26 Å². The number of aromatic nitrogens is 1. The number of pyridine rings is 1. The first-order chi connectivity index (χ1) is 10.2. The van der Waals surface area contributed by atoms with Crippen molar-refractivity contribution in [1.82, 2.24) is 15.2 Å². The Labute approximate surface area is 129 Å². The van der Waals surface area contributed by atoms with Crippen LogP contribution in [-0.2, 0) is 0 Å². The summed E-state index contributed by atoms with van der Waals surface area (Å²) in [4.78, 5) is 8.91. The zero-order valence-corrected chi connectivity index (χ0v) is 12.7. The molecular weight excluding hydrogens is 284 g/mol.